The number of aliphatic imine (C=N–C) groups is 1. The van der Waals surface area contributed by atoms with E-state index in [1.807, 2.05) is 0 Å². The van der Waals surface area contributed by atoms with Gasteiger partial charge in [-0.15, -0.1) is 24.0 Å². The first-order chi connectivity index (χ1) is 15.6. The molecule has 0 radical (unpaired) electrons. The van der Waals surface area contributed by atoms with Crippen molar-refractivity contribution in [2.45, 2.75) is 45.1 Å². The van der Waals surface area contributed by atoms with Crippen molar-refractivity contribution in [2.24, 2.45) is 10.9 Å². The van der Waals surface area contributed by atoms with Crippen molar-refractivity contribution in [2.75, 3.05) is 66.3 Å². The quantitative estimate of drug-likeness (QED) is 0.268. The number of rotatable bonds is 9. The predicted octanol–water partition coefficient (Wildman–Crippen LogP) is 3.27. The average molecular weight is 575 g/mol. The fraction of sp³-hybridized carbons (Fsp3) is 0.720. The molecular weight excluding hydrogens is 531 g/mol. The Morgan fingerprint density at radius 1 is 1.06 bits per heavy atom. The van der Waals surface area contributed by atoms with Crippen LogP contribution in [0.1, 0.15) is 39.2 Å². The number of methoxy groups -OCH3 is 1. The van der Waals surface area contributed by atoms with Gasteiger partial charge < -0.3 is 24.8 Å². The standard InChI is InChI=1S/C25H42N4O3.HI/c1-5-26-24(27-18-23(20(2)3)29-12-16-32-17-13-29)28-19-25(10-14-31-15-11-25)21-6-8-22(30-4)9-7-21;/h6-9,20,23H,5,10-19H2,1-4H3,(H2,26,27,28);1H. The van der Waals surface area contributed by atoms with Crippen molar-refractivity contribution in [3.8, 4) is 5.75 Å². The van der Waals surface area contributed by atoms with Crippen LogP contribution in [0.5, 0.6) is 5.75 Å². The highest BCUT2D eigenvalue weighted by atomic mass is 127. The Morgan fingerprint density at radius 2 is 1.70 bits per heavy atom. The van der Waals surface area contributed by atoms with Crippen molar-refractivity contribution in [1.82, 2.24) is 15.5 Å². The third-order valence-corrected chi connectivity index (χ3v) is 6.80. The van der Waals surface area contributed by atoms with Gasteiger partial charge in [-0.05, 0) is 43.4 Å². The van der Waals surface area contributed by atoms with Gasteiger partial charge >= 0.3 is 0 Å². The second-order valence-corrected chi connectivity index (χ2v) is 9.16. The van der Waals surface area contributed by atoms with Crippen LogP contribution in [0.4, 0.5) is 0 Å². The van der Waals surface area contributed by atoms with E-state index in [4.69, 9.17) is 19.2 Å². The van der Waals surface area contributed by atoms with Crippen LogP contribution in [0.15, 0.2) is 29.3 Å². The van der Waals surface area contributed by atoms with E-state index in [1.165, 1.54) is 5.56 Å². The van der Waals surface area contributed by atoms with Crippen molar-refractivity contribution in [3.05, 3.63) is 29.8 Å². The first kappa shape index (κ1) is 28.1. The highest BCUT2D eigenvalue weighted by Crippen LogP contribution is 2.36. The van der Waals surface area contributed by atoms with E-state index in [1.54, 1.807) is 7.11 Å². The summed E-state index contributed by atoms with van der Waals surface area (Å²) in [6, 6.07) is 8.94. The highest BCUT2D eigenvalue weighted by Gasteiger charge is 2.34. The molecule has 2 fully saturated rings. The molecule has 2 heterocycles. The number of nitrogens with one attached hydrogen (secondary N) is 2. The van der Waals surface area contributed by atoms with Crippen LogP contribution in [0, 0.1) is 5.92 Å². The summed E-state index contributed by atoms with van der Waals surface area (Å²) in [4.78, 5) is 7.61. The van der Waals surface area contributed by atoms with Crippen molar-refractivity contribution in [1.29, 1.82) is 0 Å². The normalized spacial score (nSPS) is 20.1. The molecule has 7 nitrogen and oxygen atoms in total. The van der Waals surface area contributed by atoms with E-state index in [-0.39, 0.29) is 29.4 Å². The number of hydrogen-bond donors (Lipinski definition) is 2. The number of ether oxygens (including phenoxy) is 3. The predicted molar refractivity (Wildman–Crippen MR) is 145 cm³/mol. The molecule has 0 spiro atoms. The lowest BCUT2D eigenvalue weighted by Gasteiger charge is -2.38. The van der Waals surface area contributed by atoms with Gasteiger partial charge in [-0.3, -0.25) is 9.89 Å². The Labute approximate surface area is 217 Å². The number of halogens is 1. The Kier molecular flexibility index (Phi) is 12.2. The molecule has 2 saturated heterocycles. The maximum absolute atomic E-state index is 5.70. The van der Waals surface area contributed by atoms with Crippen molar-refractivity contribution >= 4 is 29.9 Å². The zero-order chi connectivity index (χ0) is 22.8. The van der Waals surface area contributed by atoms with E-state index in [2.05, 4.69) is 60.6 Å². The number of guanidine groups is 1. The minimum absolute atomic E-state index is 0. The van der Waals surface area contributed by atoms with Crippen LogP contribution in [0.25, 0.3) is 0 Å². The topological polar surface area (TPSA) is 67.4 Å². The Morgan fingerprint density at radius 3 is 2.27 bits per heavy atom. The zero-order valence-corrected chi connectivity index (χ0v) is 23.1. The molecule has 3 rings (SSSR count). The lowest BCUT2D eigenvalue weighted by Crippen LogP contribution is -2.52. The zero-order valence-electron chi connectivity index (χ0n) is 20.8. The second kappa shape index (κ2) is 14.3. The Bertz CT molecular complexity index is 702. The van der Waals surface area contributed by atoms with E-state index < -0.39 is 0 Å². The third-order valence-electron chi connectivity index (χ3n) is 6.80. The maximum Gasteiger partial charge on any atom is 0.191 e. The van der Waals surface area contributed by atoms with Gasteiger partial charge in [0.05, 0.1) is 26.9 Å². The molecule has 1 atom stereocenters. The van der Waals surface area contributed by atoms with E-state index in [0.717, 1.165) is 83.7 Å². The summed E-state index contributed by atoms with van der Waals surface area (Å²) in [6.07, 6.45) is 1.95. The van der Waals surface area contributed by atoms with Crippen LogP contribution in [0.2, 0.25) is 0 Å². The van der Waals surface area contributed by atoms with Crippen molar-refractivity contribution < 1.29 is 14.2 Å². The van der Waals surface area contributed by atoms with Gasteiger partial charge in [0.1, 0.15) is 5.75 Å². The van der Waals surface area contributed by atoms with Gasteiger partial charge in [0.2, 0.25) is 0 Å². The van der Waals surface area contributed by atoms with E-state index in [9.17, 15) is 0 Å². The number of morpholine rings is 1. The Balaban J connectivity index is 0.00000385. The summed E-state index contributed by atoms with van der Waals surface area (Å²) in [5, 5.41) is 7.08. The molecular formula is C25H43IN4O3. The van der Waals surface area contributed by atoms with Gasteiger partial charge in [-0.2, -0.15) is 0 Å². The summed E-state index contributed by atoms with van der Waals surface area (Å²) in [7, 11) is 1.71. The largest absolute Gasteiger partial charge is 0.497 e. The monoisotopic (exact) mass is 574 g/mol. The molecule has 2 aliphatic rings. The molecule has 0 aromatic heterocycles. The van der Waals surface area contributed by atoms with Crippen LogP contribution < -0.4 is 15.4 Å². The molecule has 0 bridgehead atoms. The van der Waals surface area contributed by atoms with E-state index in [0.29, 0.717) is 12.0 Å². The SMILES string of the molecule is CCNC(=NCC1(c2ccc(OC)cc2)CCOCC1)NCC(C(C)C)N1CCOCC1.I. The molecule has 2 N–H and O–H groups in total. The average Bonchev–Trinajstić information content (AvgIpc) is 2.83. The van der Waals surface area contributed by atoms with Gasteiger partial charge in [-0.1, -0.05) is 26.0 Å². The molecule has 0 amide bonds. The second-order valence-electron chi connectivity index (χ2n) is 9.16. The summed E-state index contributed by atoms with van der Waals surface area (Å²) in [5.41, 5.74) is 1.31. The lowest BCUT2D eigenvalue weighted by atomic mass is 9.74. The van der Waals surface area contributed by atoms with E-state index >= 15 is 0 Å². The van der Waals surface area contributed by atoms with Crippen LogP contribution in [-0.4, -0.2) is 83.2 Å². The molecule has 0 saturated carbocycles. The molecule has 1 unspecified atom stereocenters. The highest BCUT2D eigenvalue weighted by molar-refractivity contribution is 14.0. The van der Waals surface area contributed by atoms with Gasteiger partial charge in [-0.25, -0.2) is 0 Å². The fourth-order valence-electron chi connectivity index (χ4n) is 4.71. The first-order valence-electron chi connectivity index (χ1n) is 12.1. The summed E-state index contributed by atoms with van der Waals surface area (Å²) < 4.78 is 16.6. The molecule has 33 heavy (non-hydrogen) atoms. The molecule has 0 aliphatic carbocycles. The molecule has 8 heteroatoms. The minimum atomic E-state index is -0.00543. The minimum Gasteiger partial charge on any atom is -0.497 e. The fourth-order valence-corrected chi connectivity index (χ4v) is 4.71. The molecule has 2 aliphatic heterocycles. The smallest absolute Gasteiger partial charge is 0.191 e. The Hall–Kier alpha value is -1.10. The van der Waals surface area contributed by atoms with Crippen LogP contribution in [-0.2, 0) is 14.9 Å². The molecule has 1 aromatic rings. The summed E-state index contributed by atoms with van der Waals surface area (Å²) in [6.45, 7) is 14.4. The van der Waals surface area contributed by atoms with Gasteiger partial charge in [0.25, 0.3) is 0 Å². The van der Waals surface area contributed by atoms with Crippen LogP contribution in [0.3, 0.4) is 0 Å². The number of hydrogen-bond acceptors (Lipinski definition) is 5. The van der Waals surface area contributed by atoms with Crippen LogP contribution >= 0.6 is 24.0 Å². The molecule has 188 valence electrons. The lowest BCUT2D eigenvalue weighted by molar-refractivity contribution is 0.00751. The van der Waals surface area contributed by atoms with Gasteiger partial charge in [0, 0.05) is 50.8 Å². The summed E-state index contributed by atoms with van der Waals surface area (Å²) >= 11 is 0. The molecule has 1 aromatic carbocycles. The third kappa shape index (κ3) is 7.97. The number of benzene rings is 1. The first-order valence-corrected chi connectivity index (χ1v) is 12.1. The van der Waals surface area contributed by atoms with Crippen molar-refractivity contribution in [3.63, 3.8) is 0 Å². The summed E-state index contributed by atoms with van der Waals surface area (Å²) in [5.74, 6) is 2.34. The number of nitrogens with zero attached hydrogens (tertiary/aromatic N) is 2. The maximum atomic E-state index is 5.70. The van der Waals surface area contributed by atoms with Gasteiger partial charge in [0.15, 0.2) is 5.96 Å².